The van der Waals surface area contributed by atoms with Crippen molar-refractivity contribution in [1.82, 2.24) is 5.43 Å². The summed E-state index contributed by atoms with van der Waals surface area (Å²) in [5, 5.41) is 5.88. The number of benzene rings is 2. The smallest absolute Gasteiger partial charge is 0.182 e. The summed E-state index contributed by atoms with van der Waals surface area (Å²) >= 11 is 13.4. The van der Waals surface area contributed by atoms with Gasteiger partial charge in [-0.15, -0.1) is 0 Å². The van der Waals surface area contributed by atoms with Gasteiger partial charge < -0.3 is 4.74 Å². The summed E-state index contributed by atoms with van der Waals surface area (Å²) in [6, 6.07) is 9.83. The lowest BCUT2D eigenvalue weighted by Gasteiger charge is -2.15. The van der Waals surface area contributed by atoms with Crippen molar-refractivity contribution in [3.8, 4) is 5.75 Å². The summed E-state index contributed by atoms with van der Waals surface area (Å²) in [5.41, 5.74) is 4.88. The van der Waals surface area contributed by atoms with E-state index in [1.807, 2.05) is 0 Å². The Labute approximate surface area is 152 Å². The number of hydrogen-bond donors (Lipinski definition) is 1. The predicted molar refractivity (Wildman–Crippen MR) is 98.6 cm³/mol. The highest BCUT2D eigenvalue weighted by Gasteiger charge is 2.15. The molecule has 1 aliphatic rings. The number of hydrazone groups is 1. The molecular weight excluding hydrogens is 372 g/mol. The van der Waals surface area contributed by atoms with Crippen LogP contribution >= 0.6 is 35.0 Å². The molecule has 124 valence electrons. The Hall–Kier alpha value is -1.76. The number of aliphatic imine (C=N–C) groups is 1. The second-order valence-electron chi connectivity index (χ2n) is 4.82. The maximum Gasteiger partial charge on any atom is 0.182 e. The molecule has 4 nitrogen and oxygen atoms in total. The predicted octanol–water partition coefficient (Wildman–Crippen LogP) is 4.87. The first kappa shape index (κ1) is 17.1. The number of nitrogens with one attached hydrogen (secondary N) is 1. The zero-order chi connectivity index (χ0) is 17.1. The fraction of sp³-hybridized carbons (Fsp3) is 0.125. The lowest BCUT2D eigenvalue weighted by molar-refractivity contribution is 0.386. The molecule has 0 spiro atoms. The lowest BCUT2D eigenvalue weighted by Crippen LogP contribution is -2.25. The number of ether oxygens (including phenoxy) is 1. The number of rotatable bonds is 3. The molecule has 0 amide bonds. The van der Waals surface area contributed by atoms with E-state index in [4.69, 9.17) is 27.9 Å². The summed E-state index contributed by atoms with van der Waals surface area (Å²) in [6.07, 6.45) is 0. The van der Waals surface area contributed by atoms with E-state index in [-0.39, 0.29) is 5.75 Å². The van der Waals surface area contributed by atoms with Crippen LogP contribution in [0.3, 0.4) is 0 Å². The first-order valence-electron chi connectivity index (χ1n) is 6.90. The van der Waals surface area contributed by atoms with Crippen molar-refractivity contribution in [2.75, 3.05) is 12.9 Å². The highest BCUT2D eigenvalue weighted by atomic mass is 35.5. The lowest BCUT2D eigenvalue weighted by atomic mass is 10.1. The average molecular weight is 384 g/mol. The van der Waals surface area contributed by atoms with Crippen LogP contribution in [0.5, 0.6) is 5.75 Å². The summed E-state index contributed by atoms with van der Waals surface area (Å²) in [7, 11) is 1.43. The molecule has 1 heterocycles. The van der Waals surface area contributed by atoms with Crippen LogP contribution in [0.15, 0.2) is 46.5 Å². The topological polar surface area (TPSA) is 46.0 Å². The van der Waals surface area contributed by atoms with Crippen LogP contribution in [0, 0.1) is 5.82 Å². The molecule has 8 heteroatoms. The van der Waals surface area contributed by atoms with E-state index < -0.39 is 5.82 Å². The molecule has 24 heavy (non-hydrogen) atoms. The molecule has 0 aliphatic carbocycles. The van der Waals surface area contributed by atoms with E-state index in [0.29, 0.717) is 32.2 Å². The Balaban J connectivity index is 1.78. The van der Waals surface area contributed by atoms with Crippen molar-refractivity contribution in [2.24, 2.45) is 10.1 Å². The fourth-order valence-corrected chi connectivity index (χ4v) is 3.28. The highest BCUT2D eigenvalue weighted by Crippen LogP contribution is 2.29. The van der Waals surface area contributed by atoms with Crippen LogP contribution in [0.2, 0.25) is 10.0 Å². The van der Waals surface area contributed by atoms with E-state index in [2.05, 4.69) is 15.5 Å². The fourth-order valence-electron chi connectivity index (χ4n) is 2.05. The quantitative estimate of drug-likeness (QED) is 0.822. The monoisotopic (exact) mass is 383 g/mol. The Morgan fingerprint density at radius 2 is 2.08 bits per heavy atom. The highest BCUT2D eigenvalue weighted by molar-refractivity contribution is 8.14. The second-order valence-corrected chi connectivity index (χ2v) is 6.63. The third kappa shape index (κ3) is 3.83. The zero-order valence-electron chi connectivity index (χ0n) is 12.5. The third-order valence-electron chi connectivity index (χ3n) is 3.25. The molecule has 0 saturated heterocycles. The van der Waals surface area contributed by atoms with Gasteiger partial charge >= 0.3 is 0 Å². The summed E-state index contributed by atoms with van der Waals surface area (Å²) in [4.78, 5) is 4.41. The van der Waals surface area contributed by atoms with Gasteiger partial charge in [0.15, 0.2) is 16.7 Å². The Morgan fingerprint density at radius 1 is 1.25 bits per heavy atom. The van der Waals surface area contributed by atoms with Crippen LogP contribution in [0.4, 0.5) is 10.1 Å². The molecule has 0 atom stereocenters. The molecule has 1 aliphatic heterocycles. The van der Waals surface area contributed by atoms with Gasteiger partial charge in [-0.05, 0) is 36.4 Å². The van der Waals surface area contributed by atoms with Crippen molar-refractivity contribution in [2.45, 2.75) is 0 Å². The van der Waals surface area contributed by atoms with Gasteiger partial charge in [-0.3, -0.25) is 5.43 Å². The number of amidine groups is 1. The summed E-state index contributed by atoms with van der Waals surface area (Å²) < 4.78 is 18.7. The van der Waals surface area contributed by atoms with Crippen LogP contribution in [-0.2, 0) is 0 Å². The molecule has 0 aromatic heterocycles. The number of thioether (sulfide) groups is 1. The minimum atomic E-state index is -0.421. The normalized spacial score (nSPS) is 15.8. The zero-order valence-corrected chi connectivity index (χ0v) is 14.8. The second kappa shape index (κ2) is 7.42. The summed E-state index contributed by atoms with van der Waals surface area (Å²) in [6.45, 7) is 0. The van der Waals surface area contributed by atoms with Crippen molar-refractivity contribution >= 4 is 51.5 Å². The van der Waals surface area contributed by atoms with E-state index >= 15 is 0 Å². The van der Waals surface area contributed by atoms with E-state index in [9.17, 15) is 4.39 Å². The number of halogens is 3. The molecule has 0 unspecified atom stereocenters. The van der Waals surface area contributed by atoms with Crippen molar-refractivity contribution < 1.29 is 9.13 Å². The Bertz CT molecular complexity index is 842. The van der Waals surface area contributed by atoms with E-state index in [1.54, 1.807) is 30.3 Å². The van der Waals surface area contributed by atoms with Gasteiger partial charge in [-0.25, -0.2) is 9.38 Å². The minimum Gasteiger partial charge on any atom is -0.494 e. The molecule has 0 fully saturated rings. The van der Waals surface area contributed by atoms with Crippen molar-refractivity contribution in [3.63, 3.8) is 0 Å². The average Bonchev–Trinajstić information content (AvgIpc) is 2.58. The van der Waals surface area contributed by atoms with Gasteiger partial charge in [-0.2, -0.15) is 5.10 Å². The Kier molecular flexibility index (Phi) is 5.28. The Morgan fingerprint density at radius 3 is 2.71 bits per heavy atom. The van der Waals surface area contributed by atoms with Gasteiger partial charge in [0.25, 0.3) is 0 Å². The first-order valence-corrected chi connectivity index (χ1v) is 8.64. The molecule has 0 saturated carbocycles. The number of methoxy groups -OCH3 is 1. The molecule has 0 radical (unpaired) electrons. The van der Waals surface area contributed by atoms with Gasteiger partial charge in [0, 0.05) is 16.3 Å². The number of hydrogen-bond acceptors (Lipinski definition) is 4. The van der Waals surface area contributed by atoms with Crippen molar-refractivity contribution in [3.05, 3.63) is 57.8 Å². The van der Waals surface area contributed by atoms with Crippen LogP contribution in [0.1, 0.15) is 5.56 Å². The van der Waals surface area contributed by atoms with Crippen molar-refractivity contribution in [1.29, 1.82) is 0 Å². The SMILES string of the molecule is COc1ccc(C2=NNC(=Nc3ccc(Cl)cc3Cl)SC2)cc1F. The molecule has 0 bridgehead atoms. The number of nitrogens with zero attached hydrogens (tertiary/aromatic N) is 2. The maximum absolute atomic E-state index is 13.8. The van der Waals surface area contributed by atoms with E-state index in [0.717, 1.165) is 5.71 Å². The van der Waals surface area contributed by atoms with Gasteiger partial charge in [-0.1, -0.05) is 35.0 Å². The van der Waals surface area contributed by atoms with Crippen LogP contribution < -0.4 is 10.2 Å². The van der Waals surface area contributed by atoms with Crippen LogP contribution in [-0.4, -0.2) is 23.7 Å². The van der Waals surface area contributed by atoms with E-state index in [1.165, 1.54) is 24.9 Å². The minimum absolute atomic E-state index is 0.204. The first-order chi connectivity index (χ1) is 11.6. The van der Waals surface area contributed by atoms with Gasteiger partial charge in [0.05, 0.1) is 23.5 Å². The molecule has 1 N–H and O–H groups in total. The largest absolute Gasteiger partial charge is 0.494 e. The molecular formula is C16H12Cl2FN3OS. The molecule has 2 aromatic rings. The summed E-state index contributed by atoms with van der Waals surface area (Å²) in [5.74, 6) is 0.341. The van der Waals surface area contributed by atoms with Gasteiger partial charge in [0.1, 0.15) is 0 Å². The standard InChI is InChI=1S/C16H12Cl2FN3OS/c1-23-15-5-2-9(6-12(15)19)14-8-24-16(22-21-14)20-13-4-3-10(17)7-11(13)18/h2-7H,8H2,1H3,(H,20,22). The van der Waals surface area contributed by atoms with Crippen LogP contribution in [0.25, 0.3) is 0 Å². The molecule has 2 aromatic carbocycles. The van der Waals surface area contributed by atoms with Gasteiger partial charge in [0.2, 0.25) is 0 Å². The maximum atomic E-state index is 13.8. The molecule has 3 rings (SSSR count). The third-order valence-corrected chi connectivity index (χ3v) is 4.66.